The second-order valence-electron chi connectivity index (χ2n) is 5.89. The number of piperidine rings is 1. The van der Waals surface area contributed by atoms with E-state index in [1.807, 2.05) is 6.92 Å². The van der Waals surface area contributed by atoms with Crippen molar-refractivity contribution < 1.29 is 0 Å². The molecule has 0 amide bonds. The van der Waals surface area contributed by atoms with Gasteiger partial charge >= 0.3 is 0 Å². The monoisotopic (exact) mass is 293 g/mol. The van der Waals surface area contributed by atoms with E-state index >= 15 is 0 Å². The Morgan fingerprint density at radius 3 is 2.70 bits per heavy atom. The lowest BCUT2D eigenvalue weighted by Crippen LogP contribution is -2.32. The molecule has 0 aromatic carbocycles. The molecule has 0 aliphatic carbocycles. The number of fused-ring (bicyclic) bond motifs is 1. The molecule has 20 heavy (non-hydrogen) atoms. The second kappa shape index (κ2) is 5.33. The summed E-state index contributed by atoms with van der Waals surface area (Å²) >= 11 is 5.52. The Balaban J connectivity index is 1.94. The van der Waals surface area contributed by atoms with Crippen molar-refractivity contribution in [2.24, 2.45) is 5.92 Å². The number of aromatic nitrogens is 4. The molecule has 2 aromatic rings. The predicted molar refractivity (Wildman–Crippen MR) is 83.5 cm³/mol. The molecule has 1 fully saturated rings. The standard InChI is InChI=1S/C14H23N5S/c1-4-19-13-12(10(2)16-19)15-14(20)18(13)9-11-5-7-17(3)8-6-11/h11H,4-9H2,1-3H3,(H,15,20). The van der Waals surface area contributed by atoms with Crippen LogP contribution in [0.15, 0.2) is 0 Å². The van der Waals surface area contributed by atoms with Gasteiger partial charge in [0.1, 0.15) is 5.52 Å². The zero-order valence-electron chi connectivity index (χ0n) is 12.5. The zero-order valence-corrected chi connectivity index (χ0v) is 13.3. The summed E-state index contributed by atoms with van der Waals surface area (Å²) in [4.78, 5) is 5.74. The first-order chi connectivity index (χ1) is 9.60. The highest BCUT2D eigenvalue weighted by atomic mass is 32.1. The first kappa shape index (κ1) is 13.8. The largest absolute Gasteiger partial charge is 0.328 e. The SMILES string of the molecule is CCn1nc(C)c2[nH]c(=S)n(CC3CCN(C)CC3)c21. The second-order valence-corrected chi connectivity index (χ2v) is 6.27. The summed E-state index contributed by atoms with van der Waals surface area (Å²) in [7, 11) is 2.20. The number of imidazole rings is 1. The Bertz CT molecular complexity index is 657. The maximum Gasteiger partial charge on any atom is 0.179 e. The third-order valence-corrected chi connectivity index (χ3v) is 4.73. The molecule has 3 heterocycles. The van der Waals surface area contributed by atoms with E-state index in [9.17, 15) is 0 Å². The molecule has 0 bridgehead atoms. The van der Waals surface area contributed by atoms with Gasteiger partial charge in [0, 0.05) is 13.1 Å². The molecule has 1 aliphatic rings. The summed E-state index contributed by atoms with van der Waals surface area (Å²) in [5.41, 5.74) is 3.30. The fourth-order valence-corrected chi connectivity index (χ4v) is 3.42. The fourth-order valence-electron chi connectivity index (χ4n) is 3.15. The first-order valence-corrected chi connectivity index (χ1v) is 7.85. The van der Waals surface area contributed by atoms with Crippen molar-refractivity contribution >= 4 is 23.4 Å². The molecule has 1 aliphatic heterocycles. The molecule has 0 radical (unpaired) electrons. The lowest BCUT2D eigenvalue weighted by molar-refractivity contribution is 0.205. The van der Waals surface area contributed by atoms with Crippen LogP contribution in [0, 0.1) is 17.6 Å². The van der Waals surface area contributed by atoms with Crippen molar-refractivity contribution in [3.8, 4) is 0 Å². The number of hydrogen-bond donors (Lipinski definition) is 1. The number of aromatic amines is 1. The van der Waals surface area contributed by atoms with Gasteiger partial charge in [0.05, 0.1) is 5.69 Å². The quantitative estimate of drug-likeness (QED) is 0.884. The van der Waals surface area contributed by atoms with Crippen molar-refractivity contribution in [3.05, 3.63) is 10.5 Å². The van der Waals surface area contributed by atoms with Crippen LogP contribution in [0.5, 0.6) is 0 Å². The fraction of sp³-hybridized carbons (Fsp3) is 0.714. The van der Waals surface area contributed by atoms with E-state index in [1.54, 1.807) is 0 Å². The van der Waals surface area contributed by atoms with Crippen LogP contribution < -0.4 is 0 Å². The van der Waals surface area contributed by atoms with Crippen LogP contribution >= 0.6 is 12.2 Å². The number of likely N-dealkylation sites (tertiary alicyclic amines) is 1. The maximum atomic E-state index is 5.52. The molecule has 1 N–H and O–H groups in total. The molecule has 0 atom stereocenters. The lowest BCUT2D eigenvalue weighted by atomic mass is 9.97. The highest BCUT2D eigenvalue weighted by Crippen LogP contribution is 2.23. The number of aryl methyl sites for hydroxylation is 2. The summed E-state index contributed by atoms with van der Waals surface area (Å²) in [6.45, 7) is 8.44. The van der Waals surface area contributed by atoms with Gasteiger partial charge in [-0.3, -0.25) is 0 Å². The van der Waals surface area contributed by atoms with Gasteiger partial charge < -0.3 is 14.5 Å². The summed E-state index contributed by atoms with van der Waals surface area (Å²) in [6.07, 6.45) is 2.51. The van der Waals surface area contributed by atoms with Crippen molar-refractivity contribution in [2.45, 2.75) is 39.8 Å². The molecular weight excluding hydrogens is 270 g/mol. The van der Waals surface area contributed by atoms with Gasteiger partial charge in [-0.05, 0) is 65.0 Å². The molecule has 1 saturated heterocycles. The van der Waals surface area contributed by atoms with Gasteiger partial charge in [0.25, 0.3) is 0 Å². The maximum absolute atomic E-state index is 5.52. The molecule has 3 rings (SSSR count). The summed E-state index contributed by atoms with van der Waals surface area (Å²) in [6, 6.07) is 0. The van der Waals surface area contributed by atoms with Crippen LogP contribution in [-0.4, -0.2) is 44.4 Å². The molecule has 5 nitrogen and oxygen atoms in total. The summed E-state index contributed by atoms with van der Waals surface area (Å²) < 4.78 is 5.15. The van der Waals surface area contributed by atoms with E-state index in [-0.39, 0.29) is 0 Å². The van der Waals surface area contributed by atoms with Crippen LogP contribution in [0.4, 0.5) is 0 Å². The summed E-state index contributed by atoms with van der Waals surface area (Å²) in [5, 5.41) is 4.59. The van der Waals surface area contributed by atoms with Crippen LogP contribution in [0.1, 0.15) is 25.5 Å². The first-order valence-electron chi connectivity index (χ1n) is 7.44. The average Bonchev–Trinajstić information content (AvgIpc) is 2.91. The highest BCUT2D eigenvalue weighted by molar-refractivity contribution is 7.71. The number of H-pyrrole nitrogens is 1. The highest BCUT2D eigenvalue weighted by Gasteiger charge is 2.20. The van der Waals surface area contributed by atoms with Crippen LogP contribution in [0.3, 0.4) is 0 Å². The normalized spacial score (nSPS) is 18.1. The number of hydrogen-bond acceptors (Lipinski definition) is 3. The minimum atomic E-state index is 0.720. The van der Waals surface area contributed by atoms with E-state index < -0.39 is 0 Å². The minimum absolute atomic E-state index is 0.720. The van der Waals surface area contributed by atoms with E-state index in [2.05, 4.69) is 38.2 Å². The Morgan fingerprint density at radius 2 is 2.05 bits per heavy atom. The van der Waals surface area contributed by atoms with Gasteiger partial charge in [0.15, 0.2) is 10.4 Å². The molecular formula is C14H23N5S. The Labute approximate surface area is 124 Å². The van der Waals surface area contributed by atoms with Gasteiger partial charge in [-0.2, -0.15) is 5.10 Å². The molecule has 0 unspecified atom stereocenters. The van der Waals surface area contributed by atoms with Gasteiger partial charge in [-0.1, -0.05) is 0 Å². The van der Waals surface area contributed by atoms with Gasteiger partial charge in [-0.15, -0.1) is 0 Å². The third-order valence-electron chi connectivity index (χ3n) is 4.41. The van der Waals surface area contributed by atoms with Crippen LogP contribution in [-0.2, 0) is 13.1 Å². The van der Waals surface area contributed by atoms with Crippen LogP contribution in [0.25, 0.3) is 11.2 Å². The van der Waals surface area contributed by atoms with Crippen molar-refractivity contribution in [3.63, 3.8) is 0 Å². The van der Waals surface area contributed by atoms with E-state index in [0.717, 1.165) is 40.6 Å². The number of rotatable bonds is 3. The van der Waals surface area contributed by atoms with Gasteiger partial charge in [-0.25, -0.2) is 4.68 Å². The molecule has 0 spiro atoms. The molecule has 6 heteroatoms. The van der Waals surface area contributed by atoms with E-state index in [0.29, 0.717) is 0 Å². The van der Waals surface area contributed by atoms with Gasteiger partial charge in [0.2, 0.25) is 0 Å². The number of nitrogens with zero attached hydrogens (tertiary/aromatic N) is 4. The van der Waals surface area contributed by atoms with Crippen molar-refractivity contribution in [2.75, 3.05) is 20.1 Å². The Morgan fingerprint density at radius 1 is 1.35 bits per heavy atom. The topological polar surface area (TPSA) is 41.8 Å². The van der Waals surface area contributed by atoms with Crippen LogP contribution in [0.2, 0.25) is 0 Å². The lowest BCUT2D eigenvalue weighted by Gasteiger charge is -2.29. The third kappa shape index (κ3) is 2.31. The van der Waals surface area contributed by atoms with E-state index in [4.69, 9.17) is 12.2 Å². The minimum Gasteiger partial charge on any atom is -0.328 e. The predicted octanol–water partition coefficient (Wildman–Crippen LogP) is 2.57. The zero-order chi connectivity index (χ0) is 14.3. The Hall–Kier alpha value is -1.14. The molecule has 2 aromatic heterocycles. The van der Waals surface area contributed by atoms with Crippen molar-refractivity contribution in [1.29, 1.82) is 0 Å². The average molecular weight is 293 g/mol. The van der Waals surface area contributed by atoms with E-state index in [1.165, 1.54) is 25.9 Å². The molecule has 110 valence electrons. The number of nitrogens with one attached hydrogen (secondary N) is 1. The molecule has 0 saturated carbocycles. The summed E-state index contributed by atoms with van der Waals surface area (Å²) in [5.74, 6) is 0.720. The van der Waals surface area contributed by atoms with Crippen molar-refractivity contribution in [1.82, 2.24) is 24.2 Å². The Kier molecular flexibility index (Phi) is 3.69. The smallest absolute Gasteiger partial charge is 0.179 e.